The van der Waals surface area contributed by atoms with Gasteiger partial charge in [0.15, 0.2) is 0 Å². The van der Waals surface area contributed by atoms with E-state index in [4.69, 9.17) is 4.52 Å². The average molecular weight is 302 g/mol. The van der Waals surface area contributed by atoms with Crippen molar-refractivity contribution in [3.63, 3.8) is 0 Å². The number of hydrogen-bond donors (Lipinski definition) is 0. The van der Waals surface area contributed by atoms with Crippen LogP contribution in [0.3, 0.4) is 0 Å². The summed E-state index contributed by atoms with van der Waals surface area (Å²) in [5.74, 6) is 0.690. The molecule has 0 N–H and O–H groups in total. The van der Waals surface area contributed by atoms with Crippen LogP contribution < -0.4 is 4.52 Å². The summed E-state index contributed by atoms with van der Waals surface area (Å²) in [6.07, 6.45) is 0. The molecule has 3 heteroatoms. The molecule has 0 spiro atoms. The third-order valence-electron chi connectivity index (χ3n) is 3.75. The second-order valence-electron chi connectivity index (χ2n) is 7.58. The van der Waals surface area contributed by atoms with Gasteiger partial charge in [-0.15, -0.1) is 0 Å². The Kier molecular flexibility index (Phi) is 4.13. The first-order valence-electron chi connectivity index (χ1n) is 7.21. The lowest BCUT2D eigenvalue weighted by Crippen LogP contribution is -2.13. The lowest BCUT2D eigenvalue weighted by molar-refractivity contribution is 0.503. The smallest absolute Gasteiger partial charge is 0.395 e. The summed E-state index contributed by atoms with van der Waals surface area (Å²) in [4.78, 5) is 0. The van der Waals surface area contributed by atoms with Crippen LogP contribution in [0, 0.1) is 0 Å². The highest BCUT2D eigenvalue weighted by atomic mass is 31.1. The normalized spacial score (nSPS) is 12.9. The van der Waals surface area contributed by atoms with E-state index in [2.05, 4.69) is 65.8 Å². The molecule has 0 heterocycles. The Bertz CT molecular complexity index is 676. The fourth-order valence-electron chi connectivity index (χ4n) is 2.45. The number of benzene rings is 2. The monoisotopic (exact) mass is 302 g/mol. The number of fused-ring (bicyclic) bond motifs is 1. The van der Waals surface area contributed by atoms with Gasteiger partial charge in [-0.1, -0.05) is 59.7 Å². The van der Waals surface area contributed by atoms with Crippen LogP contribution in [0.2, 0.25) is 0 Å². The molecule has 0 radical (unpaired) electrons. The zero-order valence-electron chi connectivity index (χ0n) is 13.7. The maximum atomic E-state index is 10.9. The first kappa shape index (κ1) is 16.0. The summed E-state index contributed by atoms with van der Waals surface area (Å²) < 4.78 is 16.1. The molecule has 112 valence electrons. The van der Waals surface area contributed by atoms with Gasteiger partial charge in [0, 0.05) is 5.56 Å². The van der Waals surface area contributed by atoms with Crippen LogP contribution in [0.5, 0.6) is 5.75 Å². The zero-order chi connectivity index (χ0) is 15.8. The molecule has 21 heavy (non-hydrogen) atoms. The van der Waals surface area contributed by atoms with Gasteiger partial charge in [-0.05, 0) is 39.3 Å². The van der Waals surface area contributed by atoms with Crippen LogP contribution >= 0.6 is 8.69 Å². The maximum absolute atomic E-state index is 10.9. The van der Waals surface area contributed by atoms with Crippen molar-refractivity contribution in [2.45, 2.75) is 52.4 Å². The molecule has 0 atom stereocenters. The molecular formula is C18H23O2P. The fraction of sp³-hybridized carbons (Fsp3) is 0.444. The SMILES string of the molecule is CC(C)(C)c1ccc2cc(OP=O)c(C(C)(C)C)cc2c1. The molecule has 0 saturated carbocycles. The van der Waals surface area contributed by atoms with E-state index in [9.17, 15) is 4.57 Å². The fourth-order valence-corrected chi connectivity index (χ4v) is 2.68. The molecule has 0 amide bonds. The standard InChI is InChI=1S/C18H23O2P/c1-17(2,3)14-8-7-12-11-16(20-21-19)15(18(4,5)6)10-13(12)9-14/h7-11H,1-6H3. The van der Waals surface area contributed by atoms with E-state index in [0.717, 1.165) is 10.9 Å². The molecule has 0 bridgehead atoms. The molecule has 0 fully saturated rings. The lowest BCUT2D eigenvalue weighted by atomic mass is 9.83. The molecule has 0 aliphatic heterocycles. The highest BCUT2D eigenvalue weighted by Gasteiger charge is 2.21. The highest BCUT2D eigenvalue weighted by molar-refractivity contribution is 7.17. The summed E-state index contributed by atoms with van der Waals surface area (Å²) in [6, 6.07) is 10.6. The quantitative estimate of drug-likeness (QED) is 0.634. The first-order valence-corrected chi connectivity index (χ1v) is 7.94. The van der Waals surface area contributed by atoms with Crippen LogP contribution in [0.1, 0.15) is 52.7 Å². The van der Waals surface area contributed by atoms with Crippen molar-refractivity contribution in [1.82, 2.24) is 0 Å². The van der Waals surface area contributed by atoms with Gasteiger partial charge in [0.05, 0.1) is 0 Å². The van der Waals surface area contributed by atoms with Gasteiger partial charge in [0.25, 0.3) is 0 Å². The average Bonchev–Trinajstić information content (AvgIpc) is 2.35. The molecule has 0 saturated heterocycles. The maximum Gasteiger partial charge on any atom is 0.395 e. The minimum atomic E-state index is -0.314. The van der Waals surface area contributed by atoms with Crippen molar-refractivity contribution in [3.8, 4) is 5.75 Å². The van der Waals surface area contributed by atoms with Gasteiger partial charge in [-0.25, -0.2) is 4.57 Å². The minimum absolute atomic E-state index is 0.0635. The predicted octanol–water partition coefficient (Wildman–Crippen LogP) is 6.02. The summed E-state index contributed by atoms with van der Waals surface area (Å²) in [7, 11) is -0.314. The molecule has 0 aromatic heterocycles. The van der Waals surface area contributed by atoms with Crippen molar-refractivity contribution in [2.24, 2.45) is 0 Å². The van der Waals surface area contributed by atoms with E-state index in [1.165, 1.54) is 10.9 Å². The molecule has 0 aliphatic rings. The third-order valence-corrected chi connectivity index (χ3v) is 4.02. The third kappa shape index (κ3) is 3.44. The largest absolute Gasteiger partial charge is 0.407 e. The Morgan fingerprint density at radius 3 is 2.05 bits per heavy atom. The van der Waals surface area contributed by atoms with Gasteiger partial charge in [0.2, 0.25) is 0 Å². The van der Waals surface area contributed by atoms with E-state index < -0.39 is 0 Å². The topological polar surface area (TPSA) is 26.3 Å². The van der Waals surface area contributed by atoms with Crippen molar-refractivity contribution in [1.29, 1.82) is 0 Å². The van der Waals surface area contributed by atoms with Gasteiger partial charge in [-0.3, -0.25) is 0 Å². The Labute approximate surface area is 128 Å². The second-order valence-corrected chi connectivity index (χ2v) is 7.91. The van der Waals surface area contributed by atoms with Crippen molar-refractivity contribution in [2.75, 3.05) is 0 Å². The van der Waals surface area contributed by atoms with Crippen LogP contribution in [0.4, 0.5) is 0 Å². The van der Waals surface area contributed by atoms with Crippen LogP contribution in [-0.4, -0.2) is 0 Å². The summed E-state index contributed by atoms with van der Waals surface area (Å²) in [5.41, 5.74) is 2.44. The van der Waals surface area contributed by atoms with Crippen LogP contribution in [0.15, 0.2) is 30.3 Å². The van der Waals surface area contributed by atoms with Crippen molar-refractivity contribution in [3.05, 3.63) is 41.5 Å². The molecule has 0 aliphatic carbocycles. The molecule has 2 aromatic carbocycles. The summed E-state index contributed by atoms with van der Waals surface area (Å²) in [5, 5.41) is 2.30. The van der Waals surface area contributed by atoms with Crippen molar-refractivity contribution < 1.29 is 9.09 Å². The van der Waals surface area contributed by atoms with Gasteiger partial charge >= 0.3 is 8.69 Å². The molecule has 2 nitrogen and oxygen atoms in total. The molecule has 2 rings (SSSR count). The Hall–Kier alpha value is -1.40. The number of rotatable bonds is 2. The minimum Gasteiger partial charge on any atom is -0.407 e. The molecule has 2 aromatic rings. The van der Waals surface area contributed by atoms with Crippen LogP contribution in [0.25, 0.3) is 10.8 Å². The lowest BCUT2D eigenvalue weighted by Gasteiger charge is -2.23. The second kappa shape index (κ2) is 5.42. The highest BCUT2D eigenvalue weighted by Crippen LogP contribution is 2.37. The Morgan fingerprint density at radius 2 is 1.52 bits per heavy atom. The zero-order valence-corrected chi connectivity index (χ0v) is 14.5. The van der Waals surface area contributed by atoms with Gasteiger partial charge in [-0.2, -0.15) is 0 Å². The van der Waals surface area contributed by atoms with E-state index in [0.29, 0.717) is 5.75 Å². The molecular weight excluding hydrogens is 279 g/mol. The summed E-state index contributed by atoms with van der Waals surface area (Å²) >= 11 is 0. The van der Waals surface area contributed by atoms with Crippen molar-refractivity contribution >= 4 is 19.5 Å². The van der Waals surface area contributed by atoms with Gasteiger partial charge < -0.3 is 4.52 Å². The van der Waals surface area contributed by atoms with E-state index in [-0.39, 0.29) is 19.5 Å². The Morgan fingerprint density at radius 1 is 0.857 bits per heavy atom. The molecule has 0 unspecified atom stereocenters. The van der Waals surface area contributed by atoms with Crippen LogP contribution in [-0.2, 0) is 15.4 Å². The van der Waals surface area contributed by atoms with Gasteiger partial charge in [0.1, 0.15) is 5.75 Å². The summed E-state index contributed by atoms with van der Waals surface area (Å²) in [6.45, 7) is 13.1. The van der Waals surface area contributed by atoms with E-state index in [1.54, 1.807) is 0 Å². The first-order chi connectivity index (χ1) is 9.63. The Balaban J connectivity index is 2.70. The van der Waals surface area contributed by atoms with E-state index >= 15 is 0 Å². The van der Waals surface area contributed by atoms with E-state index in [1.807, 2.05) is 6.07 Å². The number of hydrogen-bond acceptors (Lipinski definition) is 2. The predicted molar refractivity (Wildman–Crippen MR) is 89.6 cm³/mol.